The summed E-state index contributed by atoms with van der Waals surface area (Å²) >= 11 is 0. The lowest BCUT2D eigenvalue weighted by Crippen LogP contribution is -2.32. The van der Waals surface area contributed by atoms with Crippen molar-refractivity contribution in [2.24, 2.45) is 0 Å². The molecule has 1 aliphatic rings. The second kappa shape index (κ2) is 4.83. The Bertz CT molecular complexity index is 680. The van der Waals surface area contributed by atoms with Gasteiger partial charge in [-0.1, -0.05) is 6.07 Å². The van der Waals surface area contributed by atoms with E-state index in [1.165, 1.54) is 15.4 Å². The minimum Gasteiger partial charge on any atom is -0.314 e. The smallest absolute Gasteiger partial charge is 0.314 e. The Labute approximate surface area is 109 Å². The van der Waals surface area contributed by atoms with Gasteiger partial charge in [0.15, 0.2) is 0 Å². The average Bonchev–Trinajstić information content (AvgIpc) is 2.69. The van der Waals surface area contributed by atoms with Crippen LogP contribution >= 0.6 is 0 Å². The molecule has 0 aliphatic heterocycles. The fraction of sp³-hybridized carbons (Fsp3) is 0.500. The summed E-state index contributed by atoms with van der Waals surface area (Å²) in [5, 5.41) is 7.77. The van der Waals surface area contributed by atoms with Crippen molar-refractivity contribution in [2.45, 2.75) is 38.4 Å². The van der Waals surface area contributed by atoms with E-state index >= 15 is 0 Å². The van der Waals surface area contributed by atoms with Crippen molar-refractivity contribution >= 4 is 0 Å². The van der Waals surface area contributed by atoms with Crippen LogP contribution in [0.1, 0.15) is 25.3 Å². The number of rotatable bonds is 4. The monoisotopic (exact) mass is 261 g/mol. The summed E-state index contributed by atoms with van der Waals surface area (Å²) in [7, 11) is 0. The van der Waals surface area contributed by atoms with E-state index in [0.29, 0.717) is 13.1 Å². The van der Waals surface area contributed by atoms with Crippen LogP contribution in [0.3, 0.4) is 0 Å². The Morgan fingerprint density at radius 3 is 2.68 bits per heavy atom. The third kappa shape index (κ3) is 2.23. The molecule has 0 spiro atoms. The van der Waals surface area contributed by atoms with Gasteiger partial charge in [0.05, 0.1) is 12.6 Å². The van der Waals surface area contributed by atoms with Crippen LogP contribution in [0.2, 0.25) is 0 Å². The Hall–Kier alpha value is -2.18. The molecule has 1 fully saturated rings. The van der Waals surface area contributed by atoms with E-state index in [4.69, 9.17) is 0 Å². The van der Waals surface area contributed by atoms with Crippen molar-refractivity contribution < 1.29 is 0 Å². The number of aryl methyl sites for hydroxylation is 2. The molecule has 0 radical (unpaired) electrons. The van der Waals surface area contributed by atoms with Crippen molar-refractivity contribution in [3.63, 3.8) is 0 Å². The Balaban J connectivity index is 1.74. The molecule has 0 bridgehead atoms. The zero-order chi connectivity index (χ0) is 13.2. The molecule has 7 nitrogen and oxygen atoms in total. The van der Waals surface area contributed by atoms with E-state index in [2.05, 4.69) is 10.4 Å². The standard InChI is InChI=1S/C12H15N5O2/c18-11-6-1-2-7-15(11)8-9-16-12(19)17(14-13-16)10-4-3-5-10/h1-2,6-7,10H,3-5,8-9H2. The van der Waals surface area contributed by atoms with Crippen molar-refractivity contribution in [1.29, 1.82) is 0 Å². The zero-order valence-electron chi connectivity index (χ0n) is 10.5. The van der Waals surface area contributed by atoms with Crippen LogP contribution in [-0.4, -0.2) is 24.4 Å². The van der Waals surface area contributed by atoms with Gasteiger partial charge < -0.3 is 4.57 Å². The fourth-order valence-corrected chi connectivity index (χ4v) is 2.13. The molecule has 0 aromatic carbocycles. The average molecular weight is 261 g/mol. The van der Waals surface area contributed by atoms with Gasteiger partial charge in [0, 0.05) is 18.8 Å². The van der Waals surface area contributed by atoms with Crippen LogP contribution in [0.15, 0.2) is 34.0 Å². The third-order valence-electron chi connectivity index (χ3n) is 3.53. The van der Waals surface area contributed by atoms with Gasteiger partial charge >= 0.3 is 5.69 Å². The normalized spacial score (nSPS) is 15.4. The molecule has 0 amide bonds. The Kier molecular flexibility index (Phi) is 3.02. The quantitative estimate of drug-likeness (QED) is 0.778. The van der Waals surface area contributed by atoms with E-state index < -0.39 is 0 Å². The third-order valence-corrected chi connectivity index (χ3v) is 3.53. The number of pyridine rings is 1. The van der Waals surface area contributed by atoms with E-state index in [1.54, 1.807) is 22.9 Å². The minimum absolute atomic E-state index is 0.0815. The summed E-state index contributed by atoms with van der Waals surface area (Å²) in [6, 6.07) is 5.18. The minimum atomic E-state index is -0.186. The second-order valence-electron chi connectivity index (χ2n) is 4.75. The fourth-order valence-electron chi connectivity index (χ4n) is 2.13. The Morgan fingerprint density at radius 2 is 2.00 bits per heavy atom. The van der Waals surface area contributed by atoms with E-state index in [1.807, 2.05) is 0 Å². The maximum absolute atomic E-state index is 12.0. The molecular weight excluding hydrogens is 246 g/mol. The van der Waals surface area contributed by atoms with E-state index in [0.717, 1.165) is 19.3 Å². The summed E-state index contributed by atoms with van der Waals surface area (Å²) < 4.78 is 4.32. The molecule has 7 heteroatoms. The molecule has 2 aromatic heterocycles. The van der Waals surface area contributed by atoms with Crippen LogP contribution in [0.4, 0.5) is 0 Å². The lowest BCUT2D eigenvalue weighted by molar-refractivity contribution is 0.277. The molecule has 0 atom stereocenters. The number of hydrogen-bond acceptors (Lipinski definition) is 4. The molecular formula is C12H15N5O2. The Morgan fingerprint density at radius 1 is 1.16 bits per heavy atom. The first kappa shape index (κ1) is 11.9. The van der Waals surface area contributed by atoms with Gasteiger partial charge in [0.25, 0.3) is 5.56 Å². The molecule has 0 N–H and O–H groups in total. The number of tetrazole rings is 1. The molecule has 3 rings (SSSR count). The zero-order valence-corrected chi connectivity index (χ0v) is 10.5. The topological polar surface area (TPSA) is 74.7 Å². The number of nitrogens with zero attached hydrogens (tertiary/aromatic N) is 5. The molecule has 2 aromatic rings. The molecule has 0 unspecified atom stereocenters. The van der Waals surface area contributed by atoms with Crippen LogP contribution in [0.5, 0.6) is 0 Å². The van der Waals surface area contributed by atoms with Crippen LogP contribution in [-0.2, 0) is 13.1 Å². The molecule has 100 valence electrons. The molecule has 1 aliphatic carbocycles. The lowest BCUT2D eigenvalue weighted by Gasteiger charge is -2.23. The predicted octanol–water partition coefficient (Wildman–Crippen LogP) is 0.0267. The van der Waals surface area contributed by atoms with Gasteiger partial charge in [0.1, 0.15) is 0 Å². The van der Waals surface area contributed by atoms with Crippen molar-refractivity contribution in [1.82, 2.24) is 24.4 Å². The summed E-state index contributed by atoms with van der Waals surface area (Å²) in [5.74, 6) is 0. The van der Waals surface area contributed by atoms with Gasteiger partial charge in [-0.2, -0.15) is 9.36 Å². The maximum Gasteiger partial charge on any atom is 0.363 e. The largest absolute Gasteiger partial charge is 0.363 e. The van der Waals surface area contributed by atoms with Crippen molar-refractivity contribution in [2.75, 3.05) is 0 Å². The van der Waals surface area contributed by atoms with Crippen LogP contribution < -0.4 is 11.2 Å². The van der Waals surface area contributed by atoms with Crippen molar-refractivity contribution in [3.8, 4) is 0 Å². The highest BCUT2D eigenvalue weighted by atomic mass is 16.2. The molecule has 1 saturated carbocycles. The van der Waals surface area contributed by atoms with Gasteiger partial charge in [0.2, 0.25) is 0 Å². The van der Waals surface area contributed by atoms with Gasteiger partial charge in [-0.15, -0.1) is 0 Å². The van der Waals surface area contributed by atoms with E-state index in [9.17, 15) is 9.59 Å². The first-order valence-electron chi connectivity index (χ1n) is 6.43. The van der Waals surface area contributed by atoms with Crippen LogP contribution in [0.25, 0.3) is 0 Å². The summed E-state index contributed by atoms with van der Waals surface area (Å²) in [6.45, 7) is 0.776. The first-order chi connectivity index (χ1) is 9.25. The lowest BCUT2D eigenvalue weighted by atomic mass is 9.93. The number of hydrogen-bond donors (Lipinski definition) is 0. The summed E-state index contributed by atoms with van der Waals surface area (Å²) in [5.41, 5.74) is -0.268. The molecule has 0 saturated heterocycles. The summed E-state index contributed by atoms with van der Waals surface area (Å²) in [6.07, 6.45) is 4.83. The summed E-state index contributed by atoms with van der Waals surface area (Å²) in [4.78, 5) is 23.6. The molecule has 2 heterocycles. The predicted molar refractivity (Wildman–Crippen MR) is 67.9 cm³/mol. The van der Waals surface area contributed by atoms with Gasteiger partial charge in [-0.05, 0) is 35.8 Å². The molecule has 19 heavy (non-hydrogen) atoms. The number of aromatic nitrogens is 5. The SMILES string of the molecule is O=c1ccccn1CCn1nnn(C2CCC2)c1=O. The van der Waals surface area contributed by atoms with Crippen LogP contribution in [0, 0.1) is 0 Å². The van der Waals surface area contributed by atoms with E-state index in [-0.39, 0.29) is 17.3 Å². The highest BCUT2D eigenvalue weighted by Gasteiger charge is 2.23. The van der Waals surface area contributed by atoms with Gasteiger partial charge in [-0.25, -0.2) is 4.79 Å². The van der Waals surface area contributed by atoms with Crippen molar-refractivity contribution in [3.05, 3.63) is 45.2 Å². The van der Waals surface area contributed by atoms with Gasteiger partial charge in [-0.3, -0.25) is 4.79 Å². The second-order valence-corrected chi connectivity index (χ2v) is 4.75. The highest BCUT2D eigenvalue weighted by molar-refractivity contribution is 4.93. The maximum atomic E-state index is 12.0. The highest BCUT2D eigenvalue weighted by Crippen LogP contribution is 2.28. The first-order valence-corrected chi connectivity index (χ1v) is 6.43.